The van der Waals surface area contributed by atoms with E-state index in [0.29, 0.717) is 15.6 Å². The molecule has 1 aliphatic heterocycles. The van der Waals surface area contributed by atoms with Gasteiger partial charge in [-0.05, 0) is 29.7 Å². The summed E-state index contributed by atoms with van der Waals surface area (Å²) in [7, 11) is 0. The first-order valence-electron chi connectivity index (χ1n) is 5.65. The molecule has 3 rings (SSSR count). The van der Waals surface area contributed by atoms with E-state index in [4.69, 9.17) is 27.9 Å². The van der Waals surface area contributed by atoms with Crippen molar-refractivity contribution in [3.8, 4) is 0 Å². The largest absolute Gasteiger partial charge is 0.402 e. The van der Waals surface area contributed by atoms with Crippen LogP contribution in [0, 0.1) is 0 Å². The van der Waals surface area contributed by atoms with Crippen molar-refractivity contribution < 1.29 is 9.53 Å². The average molecular weight is 324 g/mol. The van der Waals surface area contributed by atoms with E-state index in [0.717, 1.165) is 4.88 Å². The molecule has 0 N–H and O–H groups in total. The number of carbonyl (C=O) groups is 1. The fourth-order valence-corrected chi connectivity index (χ4v) is 2.73. The van der Waals surface area contributed by atoms with Crippen molar-refractivity contribution in [2.45, 2.75) is 0 Å². The number of thiophene rings is 1. The second kappa shape index (κ2) is 5.40. The Bertz CT molecular complexity index is 736. The van der Waals surface area contributed by atoms with Gasteiger partial charge in [0.25, 0.3) is 0 Å². The fourth-order valence-electron chi connectivity index (χ4n) is 1.70. The predicted octanol–water partition coefficient (Wildman–Crippen LogP) is 4.40. The molecule has 0 unspecified atom stereocenters. The van der Waals surface area contributed by atoms with E-state index in [1.807, 2.05) is 17.5 Å². The summed E-state index contributed by atoms with van der Waals surface area (Å²) in [5.41, 5.74) is 0.751. The van der Waals surface area contributed by atoms with Crippen molar-refractivity contribution in [1.29, 1.82) is 0 Å². The maximum absolute atomic E-state index is 11.8. The highest BCUT2D eigenvalue weighted by Gasteiger charge is 2.26. The molecule has 0 atom stereocenters. The molecule has 0 saturated heterocycles. The Kier molecular flexibility index (Phi) is 3.61. The van der Waals surface area contributed by atoms with Crippen LogP contribution >= 0.6 is 34.5 Å². The maximum Gasteiger partial charge on any atom is 0.363 e. The molecule has 3 nitrogen and oxygen atoms in total. The highest BCUT2D eigenvalue weighted by molar-refractivity contribution is 7.10. The first-order chi connectivity index (χ1) is 9.65. The lowest BCUT2D eigenvalue weighted by Gasteiger charge is -2.03. The Hall–Kier alpha value is -1.62. The van der Waals surface area contributed by atoms with E-state index in [2.05, 4.69) is 4.99 Å². The van der Waals surface area contributed by atoms with Crippen LogP contribution in [0.1, 0.15) is 10.4 Å². The number of esters is 1. The van der Waals surface area contributed by atoms with Crippen molar-refractivity contribution in [1.82, 2.24) is 0 Å². The first kappa shape index (κ1) is 13.4. The number of halogens is 2. The molecule has 20 heavy (non-hydrogen) atoms. The molecule has 0 aliphatic carbocycles. The third kappa shape index (κ3) is 2.50. The van der Waals surface area contributed by atoms with Crippen molar-refractivity contribution in [2.75, 3.05) is 0 Å². The zero-order chi connectivity index (χ0) is 14.1. The molecule has 0 amide bonds. The Morgan fingerprint density at radius 2 is 2.05 bits per heavy atom. The second-order valence-electron chi connectivity index (χ2n) is 3.95. The maximum atomic E-state index is 11.8. The summed E-state index contributed by atoms with van der Waals surface area (Å²) < 4.78 is 5.15. The SMILES string of the molecule is O=C1OC(c2cccc(Cl)c2Cl)=N/C1=C/c1cccs1. The minimum Gasteiger partial charge on any atom is -0.402 e. The van der Waals surface area contributed by atoms with Crippen LogP contribution in [-0.4, -0.2) is 11.9 Å². The summed E-state index contributed by atoms with van der Waals surface area (Å²) in [6.07, 6.45) is 1.68. The molecule has 0 bridgehead atoms. The smallest absolute Gasteiger partial charge is 0.363 e. The Morgan fingerprint density at radius 1 is 1.20 bits per heavy atom. The number of nitrogens with zero attached hydrogens (tertiary/aromatic N) is 1. The summed E-state index contributed by atoms with van der Waals surface area (Å²) >= 11 is 13.5. The van der Waals surface area contributed by atoms with Gasteiger partial charge in [-0.3, -0.25) is 0 Å². The third-order valence-electron chi connectivity index (χ3n) is 2.62. The van der Waals surface area contributed by atoms with Crippen molar-refractivity contribution >= 4 is 52.5 Å². The van der Waals surface area contributed by atoms with Crippen LogP contribution in [-0.2, 0) is 9.53 Å². The number of hydrogen-bond donors (Lipinski definition) is 0. The summed E-state index contributed by atoms with van der Waals surface area (Å²) in [5, 5.41) is 2.63. The van der Waals surface area contributed by atoms with Crippen LogP contribution in [0.4, 0.5) is 0 Å². The molecule has 100 valence electrons. The second-order valence-corrected chi connectivity index (χ2v) is 5.72. The molecule has 2 heterocycles. The molecule has 0 spiro atoms. The van der Waals surface area contributed by atoms with Gasteiger partial charge in [-0.2, -0.15) is 0 Å². The third-order valence-corrected chi connectivity index (χ3v) is 4.26. The molecule has 6 heteroatoms. The van der Waals surface area contributed by atoms with Crippen LogP contribution in [0.15, 0.2) is 46.4 Å². The summed E-state index contributed by atoms with van der Waals surface area (Å²) in [6.45, 7) is 0. The number of cyclic esters (lactones) is 1. The molecule has 1 aromatic carbocycles. The van der Waals surface area contributed by atoms with Crippen LogP contribution in [0.25, 0.3) is 6.08 Å². The standard InChI is InChI=1S/C14H7Cl2NO2S/c15-10-5-1-4-9(12(10)16)13-17-11(14(18)19-13)7-8-3-2-6-20-8/h1-7H/b11-7+. The van der Waals surface area contributed by atoms with Gasteiger partial charge in [0.1, 0.15) is 0 Å². The molecular formula is C14H7Cl2NO2S. The van der Waals surface area contributed by atoms with E-state index >= 15 is 0 Å². The number of carbonyl (C=O) groups excluding carboxylic acids is 1. The molecule has 2 aromatic rings. The normalized spacial score (nSPS) is 16.4. The van der Waals surface area contributed by atoms with Crippen molar-refractivity contribution in [3.63, 3.8) is 0 Å². The van der Waals surface area contributed by atoms with Gasteiger partial charge in [0, 0.05) is 4.88 Å². The van der Waals surface area contributed by atoms with Crippen LogP contribution in [0.3, 0.4) is 0 Å². The van der Waals surface area contributed by atoms with Gasteiger partial charge in [-0.1, -0.05) is 35.3 Å². The first-order valence-corrected chi connectivity index (χ1v) is 7.29. The van der Waals surface area contributed by atoms with Gasteiger partial charge in [-0.15, -0.1) is 11.3 Å². The fraction of sp³-hybridized carbons (Fsp3) is 0. The van der Waals surface area contributed by atoms with Crippen molar-refractivity contribution in [2.24, 2.45) is 4.99 Å². The van der Waals surface area contributed by atoms with Gasteiger partial charge in [0.15, 0.2) is 5.70 Å². The summed E-state index contributed by atoms with van der Waals surface area (Å²) in [6, 6.07) is 8.88. The Morgan fingerprint density at radius 3 is 2.80 bits per heavy atom. The Balaban J connectivity index is 2.00. The van der Waals surface area contributed by atoms with E-state index in [9.17, 15) is 4.79 Å². The van der Waals surface area contributed by atoms with Gasteiger partial charge in [-0.25, -0.2) is 9.79 Å². The number of rotatable bonds is 2. The van der Waals surface area contributed by atoms with Crippen molar-refractivity contribution in [3.05, 3.63) is 61.9 Å². The quantitative estimate of drug-likeness (QED) is 0.607. The topological polar surface area (TPSA) is 38.7 Å². The lowest BCUT2D eigenvalue weighted by Crippen LogP contribution is -2.06. The molecule has 1 aliphatic rings. The monoisotopic (exact) mass is 323 g/mol. The number of ether oxygens (including phenoxy) is 1. The van der Waals surface area contributed by atoms with Crippen LogP contribution in [0.2, 0.25) is 10.0 Å². The molecule has 0 fully saturated rings. The van der Waals surface area contributed by atoms with Gasteiger partial charge in [0.05, 0.1) is 15.6 Å². The van der Waals surface area contributed by atoms with Crippen LogP contribution < -0.4 is 0 Å². The van der Waals surface area contributed by atoms with E-state index in [-0.39, 0.29) is 11.6 Å². The Labute approximate surface area is 129 Å². The lowest BCUT2D eigenvalue weighted by molar-refractivity contribution is -0.129. The zero-order valence-electron chi connectivity index (χ0n) is 9.97. The summed E-state index contributed by atoms with van der Waals surface area (Å²) in [4.78, 5) is 16.9. The number of aliphatic imine (C=N–C) groups is 1. The van der Waals surface area contributed by atoms with E-state index in [1.165, 1.54) is 11.3 Å². The van der Waals surface area contributed by atoms with Gasteiger partial charge < -0.3 is 4.74 Å². The highest BCUT2D eigenvalue weighted by Crippen LogP contribution is 2.29. The van der Waals surface area contributed by atoms with E-state index < -0.39 is 5.97 Å². The van der Waals surface area contributed by atoms with Gasteiger partial charge >= 0.3 is 5.97 Å². The average Bonchev–Trinajstić information content (AvgIpc) is 3.04. The lowest BCUT2D eigenvalue weighted by atomic mass is 10.2. The zero-order valence-corrected chi connectivity index (χ0v) is 12.3. The van der Waals surface area contributed by atoms with Gasteiger partial charge in [0.2, 0.25) is 5.90 Å². The van der Waals surface area contributed by atoms with Crippen LogP contribution in [0.5, 0.6) is 0 Å². The minimum atomic E-state index is -0.496. The highest BCUT2D eigenvalue weighted by atomic mass is 35.5. The molecule has 1 aromatic heterocycles. The number of benzene rings is 1. The minimum absolute atomic E-state index is 0.172. The number of hydrogen-bond acceptors (Lipinski definition) is 4. The van der Waals surface area contributed by atoms with E-state index in [1.54, 1.807) is 24.3 Å². The summed E-state index contributed by atoms with van der Waals surface area (Å²) in [5.74, 6) is -0.324. The molecular weight excluding hydrogens is 317 g/mol. The molecule has 0 radical (unpaired) electrons. The molecule has 0 saturated carbocycles. The predicted molar refractivity (Wildman–Crippen MR) is 81.4 cm³/mol.